The largest absolute Gasteiger partial charge is 0.494 e. The van der Waals surface area contributed by atoms with Crippen molar-refractivity contribution in [1.29, 1.82) is 0 Å². The Morgan fingerprint density at radius 2 is 2.14 bits per heavy atom. The summed E-state index contributed by atoms with van der Waals surface area (Å²) in [5.74, 6) is 1.35. The van der Waals surface area contributed by atoms with E-state index in [1.165, 1.54) is 11.8 Å². The molecule has 116 valence electrons. The van der Waals surface area contributed by atoms with Crippen molar-refractivity contribution in [1.82, 2.24) is 20.3 Å². The number of ether oxygens (including phenoxy) is 1. The molecule has 0 unspecified atom stereocenters. The zero-order chi connectivity index (χ0) is 15.4. The molecule has 1 saturated heterocycles. The van der Waals surface area contributed by atoms with Gasteiger partial charge in [0.15, 0.2) is 5.69 Å². The Hall–Kier alpha value is -2.37. The number of carbonyl (C=O) groups excluding carboxylic acids is 1. The van der Waals surface area contributed by atoms with Crippen LogP contribution in [0.5, 0.6) is 5.75 Å². The van der Waals surface area contributed by atoms with Gasteiger partial charge in [0.25, 0.3) is 5.91 Å². The molecule has 1 aromatic heterocycles. The summed E-state index contributed by atoms with van der Waals surface area (Å²) in [7, 11) is 0. The van der Waals surface area contributed by atoms with Crippen LogP contribution < -0.4 is 4.74 Å². The van der Waals surface area contributed by atoms with Crippen molar-refractivity contribution in [2.45, 2.75) is 25.7 Å². The summed E-state index contributed by atoms with van der Waals surface area (Å²) in [5.41, 5.74) is 1.63. The van der Waals surface area contributed by atoms with Crippen LogP contribution in [-0.4, -0.2) is 45.9 Å². The van der Waals surface area contributed by atoms with Crippen molar-refractivity contribution in [3.05, 3.63) is 41.7 Å². The lowest BCUT2D eigenvalue weighted by molar-refractivity contribution is 0.0706. The van der Waals surface area contributed by atoms with Crippen molar-refractivity contribution >= 4 is 5.91 Å². The summed E-state index contributed by atoms with van der Waals surface area (Å²) in [5, 5.41) is 10.0. The van der Waals surface area contributed by atoms with Gasteiger partial charge in [0, 0.05) is 13.1 Å². The minimum Gasteiger partial charge on any atom is -0.494 e. The van der Waals surface area contributed by atoms with Gasteiger partial charge in [-0.15, -0.1) is 0 Å². The second-order valence-corrected chi connectivity index (χ2v) is 5.39. The number of benzene rings is 1. The quantitative estimate of drug-likeness (QED) is 0.940. The van der Waals surface area contributed by atoms with Crippen LogP contribution in [-0.2, 0) is 0 Å². The highest BCUT2D eigenvalue weighted by molar-refractivity contribution is 5.91. The Morgan fingerprint density at radius 3 is 2.82 bits per heavy atom. The molecular formula is C16H20N4O2. The third kappa shape index (κ3) is 2.95. The number of hydrogen-bond donors (Lipinski definition) is 1. The molecule has 6 heteroatoms. The average molecular weight is 300 g/mol. The van der Waals surface area contributed by atoms with E-state index in [0.29, 0.717) is 18.2 Å². The first-order valence-corrected chi connectivity index (χ1v) is 7.66. The predicted molar refractivity (Wildman–Crippen MR) is 81.9 cm³/mol. The van der Waals surface area contributed by atoms with E-state index in [1.807, 2.05) is 30.0 Å². The van der Waals surface area contributed by atoms with Crippen LogP contribution in [0.2, 0.25) is 0 Å². The lowest BCUT2D eigenvalue weighted by Crippen LogP contribution is -2.38. The zero-order valence-corrected chi connectivity index (χ0v) is 12.7. The van der Waals surface area contributed by atoms with Crippen molar-refractivity contribution in [2.24, 2.45) is 0 Å². The Morgan fingerprint density at radius 1 is 1.36 bits per heavy atom. The first kappa shape index (κ1) is 14.6. The predicted octanol–water partition coefficient (Wildman–Crippen LogP) is 2.22. The molecule has 1 fully saturated rings. The van der Waals surface area contributed by atoms with Crippen LogP contribution in [0.3, 0.4) is 0 Å². The van der Waals surface area contributed by atoms with E-state index in [0.717, 1.165) is 31.7 Å². The number of nitrogens with one attached hydrogen (secondary N) is 1. The summed E-state index contributed by atoms with van der Waals surface area (Å²) in [6, 6.07) is 8.19. The average Bonchev–Trinajstić information content (AvgIpc) is 3.10. The molecule has 2 aromatic rings. The van der Waals surface area contributed by atoms with E-state index in [9.17, 15) is 4.79 Å². The van der Waals surface area contributed by atoms with Gasteiger partial charge in [-0.2, -0.15) is 15.4 Å². The number of nitrogens with zero attached hydrogens (tertiary/aromatic N) is 3. The first-order valence-electron chi connectivity index (χ1n) is 7.66. The number of aromatic nitrogens is 3. The molecule has 1 aliphatic heterocycles. The van der Waals surface area contributed by atoms with Crippen LogP contribution >= 0.6 is 0 Å². The van der Waals surface area contributed by atoms with E-state index in [4.69, 9.17) is 4.74 Å². The minimum absolute atomic E-state index is 0.0507. The number of hydrogen-bond acceptors (Lipinski definition) is 4. The van der Waals surface area contributed by atoms with Crippen LogP contribution in [0.25, 0.3) is 0 Å². The molecule has 3 rings (SSSR count). The van der Waals surface area contributed by atoms with E-state index < -0.39 is 0 Å². The molecule has 0 radical (unpaired) electrons. The minimum atomic E-state index is -0.0507. The fraction of sp³-hybridized carbons (Fsp3) is 0.438. The normalized spacial score (nSPS) is 15.8. The number of H-pyrrole nitrogens is 1. The number of amides is 1. The van der Waals surface area contributed by atoms with Gasteiger partial charge in [-0.3, -0.25) is 4.79 Å². The molecule has 6 nitrogen and oxygen atoms in total. The van der Waals surface area contributed by atoms with Crippen molar-refractivity contribution in [2.75, 3.05) is 19.7 Å². The highest BCUT2D eigenvalue weighted by Gasteiger charge is 2.27. The lowest BCUT2D eigenvalue weighted by atomic mass is 9.88. The summed E-state index contributed by atoms with van der Waals surface area (Å²) in [6.45, 7) is 4.13. The van der Waals surface area contributed by atoms with Gasteiger partial charge < -0.3 is 9.64 Å². The molecule has 2 heterocycles. The van der Waals surface area contributed by atoms with Crippen LogP contribution in [0.1, 0.15) is 41.7 Å². The lowest BCUT2D eigenvalue weighted by Gasteiger charge is -2.32. The molecule has 1 aliphatic rings. The number of para-hydroxylation sites is 1. The van der Waals surface area contributed by atoms with Gasteiger partial charge in [-0.25, -0.2) is 0 Å². The van der Waals surface area contributed by atoms with Gasteiger partial charge in [0.1, 0.15) is 5.75 Å². The fourth-order valence-electron chi connectivity index (χ4n) is 2.96. The SMILES string of the molecule is CCOc1ccccc1C1CCN(C(=O)c2cn[nH]n2)CC1. The second-order valence-electron chi connectivity index (χ2n) is 5.39. The van der Waals surface area contributed by atoms with Gasteiger partial charge >= 0.3 is 0 Å². The van der Waals surface area contributed by atoms with Gasteiger partial charge in [0.05, 0.1) is 12.8 Å². The third-order valence-electron chi connectivity index (χ3n) is 4.07. The molecule has 1 amide bonds. The molecule has 0 bridgehead atoms. The number of rotatable bonds is 4. The summed E-state index contributed by atoms with van der Waals surface area (Å²) in [4.78, 5) is 14.1. The van der Waals surface area contributed by atoms with Crippen LogP contribution in [0.4, 0.5) is 0 Å². The molecule has 0 spiro atoms. The van der Waals surface area contributed by atoms with Crippen molar-refractivity contribution < 1.29 is 9.53 Å². The highest BCUT2D eigenvalue weighted by atomic mass is 16.5. The Kier molecular flexibility index (Phi) is 4.37. The molecule has 1 N–H and O–H groups in total. The molecule has 0 aliphatic carbocycles. The maximum absolute atomic E-state index is 12.3. The molecular weight excluding hydrogens is 280 g/mol. The zero-order valence-electron chi connectivity index (χ0n) is 12.7. The van der Waals surface area contributed by atoms with Gasteiger partial charge in [0.2, 0.25) is 0 Å². The maximum atomic E-state index is 12.3. The van der Waals surface area contributed by atoms with Gasteiger partial charge in [-0.1, -0.05) is 18.2 Å². The first-order chi connectivity index (χ1) is 10.8. The Labute approximate surface area is 129 Å². The summed E-state index contributed by atoms with van der Waals surface area (Å²) < 4.78 is 5.72. The number of aromatic amines is 1. The smallest absolute Gasteiger partial charge is 0.276 e. The Balaban J connectivity index is 1.66. The topological polar surface area (TPSA) is 71.1 Å². The molecule has 1 aromatic carbocycles. The van der Waals surface area contributed by atoms with Crippen LogP contribution in [0.15, 0.2) is 30.5 Å². The third-order valence-corrected chi connectivity index (χ3v) is 4.07. The second kappa shape index (κ2) is 6.60. The van der Waals surface area contributed by atoms with Gasteiger partial charge in [-0.05, 0) is 37.3 Å². The number of carbonyl (C=O) groups is 1. The monoisotopic (exact) mass is 300 g/mol. The number of likely N-dealkylation sites (tertiary alicyclic amines) is 1. The summed E-state index contributed by atoms with van der Waals surface area (Å²) in [6.07, 6.45) is 3.35. The van der Waals surface area contributed by atoms with Crippen LogP contribution in [0, 0.1) is 0 Å². The van der Waals surface area contributed by atoms with Crippen molar-refractivity contribution in [3.8, 4) is 5.75 Å². The van der Waals surface area contributed by atoms with E-state index in [-0.39, 0.29) is 5.91 Å². The maximum Gasteiger partial charge on any atom is 0.276 e. The molecule has 0 saturated carbocycles. The van der Waals surface area contributed by atoms with E-state index in [1.54, 1.807) is 0 Å². The summed E-state index contributed by atoms with van der Waals surface area (Å²) >= 11 is 0. The standard InChI is InChI=1S/C16H20N4O2/c1-2-22-15-6-4-3-5-13(15)12-7-9-20(10-8-12)16(21)14-11-17-19-18-14/h3-6,11-12H,2,7-10H2,1H3,(H,17,18,19). The fourth-order valence-corrected chi connectivity index (χ4v) is 2.96. The highest BCUT2D eigenvalue weighted by Crippen LogP contribution is 2.34. The molecule has 22 heavy (non-hydrogen) atoms. The van der Waals surface area contributed by atoms with Crippen molar-refractivity contribution in [3.63, 3.8) is 0 Å². The Bertz CT molecular complexity index is 619. The van der Waals surface area contributed by atoms with E-state index in [2.05, 4.69) is 21.5 Å². The molecule has 0 atom stereocenters. The van der Waals surface area contributed by atoms with E-state index >= 15 is 0 Å². The number of piperidine rings is 1.